The molecule has 1 amide bonds. The van der Waals surface area contributed by atoms with Gasteiger partial charge in [-0.25, -0.2) is 4.39 Å². The number of hydrogen-bond donors (Lipinski definition) is 2. The molecule has 0 spiro atoms. The topological polar surface area (TPSA) is 41.1 Å². The van der Waals surface area contributed by atoms with Crippen molar-refractivity contribution in [1.29, 1.82) is 0 Å². The molecule has 0 fully saturated rings. The van der Waals surface area contributed by atoms with E-state index in [0.717, 1.165) is 0 Å². The highest BCUT2D eigenvalue weighted by atomic mass is 19.1. The summed E-state index contributed by atoms with van der Waals surface area (Å²) in [6.45, 7) is 3.01. The number of rotatable bonds is 6. The van der Waals surface area contributed by atoms with Crippen LogP contribution in [0.25, 0.3) is 0 Å². The lowest BCUT2D eigenvalue weighted by Crippen LogP contribution is -2.30. The molecule has 0 saturated carbocycles. The zero-order chi connectivity index (χ0) is 15.1. The second kappa shape index (κ2) is 7.55. The third-order valence-corrected chi connectivity index (χ3v) is 3.21. The van der Waals surface area contributed by atoms with Gasteiger partial charge in [0.15, 0.2) is 0 Å². The van der Waals surface area contributed by atoms with E-state index in [9.17, 15) is 9.18 Å². The fourth-order valence-electron chi connectivity index (χ4n) is 2.07. The Morgan fingerprint density at radius 3 is 2.62 bits per heavy atom. The van der Waals surface area contributed by atoms with Gasteiger partial charge in [-0.05, 0) is 29.7 Å². The first-order valence-corrected chi connectivity index (χ1v) is 6.96. The second-order valence-electron chi connectivity index (χ2n) is 5.00. The van der Waals surface area contributed by atoms with Crippen molar-refractivity contribution in [1.82, 2.24) is 5.32 Å². The lowest BCUT2D eigenvalue weighted by atomic mass is 10.0. The van der Waals surface area contributed by atoms with Gasteiger partial charge in [0.1, 0.15) is 5.82 Å². The Hall–Kier alpha value is -2.20. The molecule has 2 rings (SSSR count). The smallest absolute Gasteiger partial charge is 0.238 e. The molecule has 0 aliphatic rings. The summed E-state index contributed by atoms with van der Waals surface area (Å²) in [5, 5.41) is 5.77. The molecule has 0 aromatic heterocycles. The molecule has 0 saturated heterocycles. The Bertz CT molecular complexity index is 586. The monoisotopic (exact) mass is 286 g/mol. The van der Waals surface area contributed by atoms with Gasteiger partial charge in [-0.1, -0.05) is 43.3 Å². The van der Waals surface area contributed by atoms with Gasteiger partial charge in [0, 0.05) is 12.2 Å². The van der Waals surface area contributed by atoms with Gasteiger partial charge >= 0.3 is 0 Å². The molecule has 3 nitrogen and oxygen atoms in total. The van der Waals surface area contributed by atoms with Crippen molar-refractivity contribution in [3.63, 3.8) is 0 Å². The van der Waals surface area contributed by atoms with E-state index >= 15 is 0 Å². The van der Waals surface area contributed by atoms with E-state index < -0.39 is 0 Å². The normalized spacial score (nSPS) is 11.9. The third kappa shape index (κ3) is 5.00. The van der Waals surface area contributed by atoms with E-state index in [2.05, 4.69) is 29.7 Å². The maximum atomic E-state index is 13.0. The molecular formula is C17H19FN2O. The van der Waals surface area contributed by atoms with Crippen molar-refractivity contribution in [3.05, 3.63) is 66.0 Å². The van der Waals surface area contributed by atoms with Crippen molar-refractivity contribution in [2.45, 2.75) is 12.8 Å². The first kappa shape index (κ1) is 15.2. The minimum atomic E-state index is -0.363. The molecule has 0 aliphatic heterocycles. The standard InChI is InChI=1S/C17H19FN2O/c1-13(14-6-3-2-4-7-14)11-19-12-17(21)20-16-9-5-8-15(18)10-16/h2-10,13,19H,11-12H2,1H3,(H,20,21). The van der Waals surface area contributed by atoms with Crippen molar-refractivity contribution in [2.24, 2.45) is 0 Å². The van der Waals surface area contributed by atoms with Crippen LogP contribution in [0.5, 0.6) is 0 Å². The van der Waals surface area contributed by atoms with Crippen LogP contribution in [0.15, 0.2) is 54.6 Å². The van der Waals surface area contributed by atoms with Crippen molar-refractivity contribution in [2.75, 3.05) is 18.4 Å². The van der Waals surface area contributed by atoms with Gasteiger partial charge in [-0.3, -0.25) is 4.79 Å². The Kier molecular flexibility index (Phi) is 5.46. The van der Waals surface area contributed by atoms with Gasteiger partial charge in [-0.2, -0.15) is 0 Å². The van der Waals surface area contributed by atoms with Gasteiger partial charge in [0.05, 0.1) is 6.54 Å². The largest absolute Gasteiger partial charge is 0.325 e. The molecule has 0 radical (unpaired) electrons. The van der Waals surface area contributed by atoms with E-state index in [1.54, 1.807) is 12.1 Å². The van der Waals surface area contributed by atoms with Gasteiger partial charge in [0.2, 0.25) is 5.91 Å². The molecule has 0 bridgehead atoms. The van der Waals surface area contributed by atoms with Crippen LogP contribution in [0.1, 0.15) is 18.4 Å². The van der Waals surface area contributed by atoms with Crippen LogP contribution < -0.4 is 10.6 Å². The summed E-state index contributed by atoms with van der Waals surface area (Å²) in [4.78, 5) is 11.7. The molecule has 0 aliphatic carbocycles. The quantitative estimate of drug-likeness (QED) is 0.856. The van der Waals surface area contributed by atoms with E-state index in [4.69, 9.17) is 0 Å². The zero-order valence-corrected chi connectivity index (χ0v) is 12.0. The van der Waals surface area contributed by atoms with E-state index in [1.165, 1.54) is 17.7 Å². The van der Waals surface area contributed by atoms with Gasteiger partial charge < -0.3 is 10.6 Å². The van der Waals surface area contributed by atoms with E-state index in [1.807, 2.05) is 18.2 Å². The van der Waals surface area contributed by atoms with E-state index in [-0.39, 0.29) is 18.3 Å². The fourth-order valence-corrected chi connectivity index (χ4v) is 2.07. The minimum Gasteiger partial charge on any atom is -0.325 e. The van der Waals surface area contributed by atoms with Crippen LogP contribution in [-0.2, 0) is 4.79 Å². The summed E-state index contributed by atoms with van der Waals surface area (Å²) in [5.41, 5.74) is 1.70. The maximum Gasteiger partial charge on any atom is 0.238 e. The molecule has 2 aromatic rings. The predicted molar refractivity (Wildman–Crippen MR) is 82.8 cm³/mol. The summed E-state index contributed by atoms with van der Waals surface area (Å²) in [6.07, 6.45) is 0. The third-order valence-electron chi connectivity index (χ3n) is 3.21. The molecule has 4 heteroatoms. The van der Waals surface area contributed by atoms with Crippen LogP contribution >= 0.6 is 0 Å². The number of carbonyl (C=O) groups is 1. The van der Waals surface area contributed by atoms with Crippen molar-refractivity contribution in [3.8, 4) is 0 Å². The molecule has 0 heterocycles. The first-order chi connectivity index (χ1) is 10.1. The fraction of sp³-hybridized carbons (Fsp3) is 0.235. The van der Waals surface area contributed by atoms with Gasteiger partial charge in [-0.15, -0.1) is 0 Å². The summed E-state index contributed by atoms with van der Waals surface area (Å²) < 4.78 is 13.0. The van der Waals surface area contributed by atoms with Crippen molar-refractivity contribution >= 4 is 11.6 Å². The number of benzene rings is 2. The average Bonchev–Trinajstić information content (AvgIpc) is 2.48. The number of nitrogens with one attached hydrogen (secondary N) is 2. The molecule has 21 heavy (non-hydrogen) atoms. The molecule has 2 aromatic carbocycles. The molecule has 1 atom stereocenters. The summed E-state index contributed by atoms with van der Waals surface area (Å²) in [7, 11) is 0. The lowest BCUT2D eigenvalue weighted by Gasteiger charge is -2.13. The highest BCUT2D eigenvalue weighted by Crippen LogP contribution is 2.13. The van der Waals surface area contributed by atoms with Crippen LogP contribution in [0.4, 0.5) is 10.1 Å². The number of hydrogen-bond acceptors (Lipinski definition) is 2. The summed E-state index contributed by atoms with van der Waals surface area (Å²) in [6, 6.07) is 16.0. The lowest BCUT2D eigenvalue weighted by molar-refractivity contribution is -0.115. The molecule has 1 unspecified atom stereocenters. The number of halogens is 1. The van der Waals surface area contributed by atoms with Crippen LogP contribution in [0.3, 0.4) is 0 Å². The SMILES string of the molecule is CC(CNCC(=O)Nc1cccc(F)c1)c1ccccc1. The number of amides is 1. The Balaban J connectivity index is 1.74. The predicted octanol–water partition coefficient (Wildman–Crippen LogP) is 3.16. The zero-order valence-electron chi connectivity index (χ0n) is 12.0. The Labute approximate surface area is 124 Å². The minimum absolute atomic E-state index is 0.180. The molecule has 2 N–H and O–H groups in total. The van der Waals surface area contributed by atoms with E-state index in [0.29, 0.717) is 18.2 Å². The highest BCUT2D eigenvalue weighted by Gasteiger charge is 2.06. The maximum absolute atomic E-state index is 13.0. The summed E-state index contributed by atoms with van der Waals surface area (Å²) >= 11 is 0. The molecule has 110 valence electrons. The summed E-state index contributed by atoms with van der Waals surface area (Å²) in [5.74, 6) is -0.215. The average molecular weight is 286 g/mol. The van der Waals surface area contributed by atoms with Crippen molar-refractivity contribution < 1.29 is 9.18 Å². The van der Waals surface area contributed by atoms with Crippen LogP contribution in [0, 0.1) is 5.82 Å². The Morgan fingerprint density at radius 2 is 1.90 bits per heavy atom. The molecular weight excluding hydrogens is 267 g/mol. The Morgan fingerprint density at radius 1 is 1.14 bits per heavy atom. The highest BCUT2D eigenvalue weighted by molar-refractivity contribution is 5.92. The van der Waals surface area contributed by atoms with Gasteiger partial charge in [0.25, 0.3) is 0 Å². The number of anilines is 1. The van der Waals surface area contributed by atoms with Crippen LogP contribution in [-0.4, -0.2) is 19.0 Å². The van der Waals surface area contributed by atoms with Crippen LogP contribution in [0.2, 0.25) is 0 Å². The number of carbonyl (C=O) groups excluding carboxylic acids is 1. The second-order valence-corrected chi connectivity index (χ2v) is 5.00. The first-order valence-electron chi connectivity index (χ1n) is 6.96.